The Kier molecular flexibility index (Phi) is 2.80. The van der Waals surface area contributed by atoms with E-state index in [1.807, 2.05) is 13.6 Å². The highest BCUT2D eigenvalue weighted by Gasteiger charge is 1.91. The van der Waals surface area contributed by atoms with Crippen molar-refractivity contribution in [1.29, 1.82) is 0 Å². The van der Waals surface area contributed by atoms with Gasteiger partial charge in [0.15, 0.2) is 0 Å². The molecule has 0 aliphatic heterocycles. The van der Waals surface area contributed by atoms with Crippen LogP contribution >= 0.6 is 11.9 Å². The predicted molar refractivity (Wildman–Crippen MR) is 27.7 cm³/mol. The molecule has 0 unspecified atom stereocenters. The Labute approximate surface area is 37.0 Å². The minimum Gasteiger partial charge on any atom is -0.342 e. The van der Waals surface area contributed by atoms with Crippen molar-refractivity contribution in [3.8, 4) is 0 Å². The molecule has 0 aromatic heterocycles. The Bertz CT molecular complexity index is 23.6. The van der Waals surface area contributed by atoms with Crippen LogP contribution in [-0.4, -0.2) is 10.5 Å². The summed E-state index contributed by atoms with van der Waals surface area (Å²) in [6.45, 7) is 3.87. The van der Waals surface area contributed by atoms with Gasteiger partial charge in [0.2, 0.25) is 5.99 Å². The molecule has 0 aromatic carbocycles. The van der Waals surface area contributed by atoms with Crippen molar-refractivity contribution >= 4 is 17.9 Å². The van der Waals surface area contributed by atoms with E-state index < -0.39 is 0 Å². The summed E-state index contributed by atoms with van der Waals surface area (Å²) >= 11 is 0.880. The Morgan fingerprint density at radius 3 is 1.80 bits per heavy atom. The molecule has 0 amide bonds. The van der Waals surface area contributed by atoms with Crippen LogP contribution in [-0.2, 0) is 0 Å². The van der Waals surface area contributed by atoms with E-state index >= 15 is 0 Å². The lowest BCUT2D eigenvalue weighted by atomic mass is 9.84. The van der Waals surface area contributed by atoms with Gasteiger partial charge in [-0.25, -0.2) is 0 Å². The molecule has 0 heterocycles. The van der Waals surface area contributed by atoms with Crippen molar-refractivity contribution in [2.24, 2.45) is 0 Å². The van der Waals surface area contributed by atoms with Crippen LogP contribution in [0.5, 0.6) is 0 Å². The molecule has 0 aliphatic rings. The lowest BCUT2D eigenvalue weighted by molar-refractivity contribution is 0.674. The van der Waals surface area contributed by atoms with Crippen LogP contribution in [0.4, 0.5) is 0 Å². The smallest absolute Gasteiger partial charge is 0.239 e. The minimum atomic E-state index is 0.356. The van der Waals surface area contributed by atoms with E-state index in [0.29, 0.717) is 5.99 Å². The van der Waals surface area contributed by atoms with E-state index in [1.165, 1.54) is 0 Å². The first kappa shape index (κ1) is 5.37. The Hall–Kier alpha value is 0.375. The normalized spacial score (nSPS) is 7.80. The van der Waals surface area contributed by atoms with Crippen LogP contribution in [0.1, 0.15) is 0 Å². The highest BCUT2D eigenvalue weighted by Crippen LogP contribution is 1.95. The molecule has 0 saturated carbocycles. The quantitative estimate of drug-likeness (QED) is 0.388. The van der Waals surface area contributed by atoms with Gasteiger partial charge in [0, 0.05) is 0 Å². The number of hydrogen-bond donors (Lipinski definition) is 1. The van der Waals surface area contributed by atoms with E-state index in [2.05, 4.69) is 0 Å². The molecular formula is C2H7BOS. The third-order valence-corrected chi connectivity index (χ3v) is 0.632. The molecule has 0 radical (unpaired) electrons. The van der Waals surface area contributed by atoms with Gasteiger partial charge < -0.3 is 4.55 Å². The van der Waals surface area contributed by atoms with Crippen LogP contribution in [0.2, 0.25) is 13.6 Å². The predicted octanol–water partition coefficient (Wildman–Crippen LogP) is 1.44. The largest absolute Gasteiger partial charge is 0.342 e. The molecule has 5 heavy (non-hydrogen) atoms. The lowest BCUT2D eigenvalue weighted by Gasteiger charge is -1.83. The second-order valence-corrected chi connectivity index (χ2v) is 2.31. The van der Waals surface area contributed by atoms with E-state index in [-0.39, 0.29) is 0 Å². The zero-order valence-electron chi connectivity index (χ0n) is 3.43. The van der Waals surface area contributed by atoms with Crippen molar-refractivity contribution in [3.63, 3.8) is 0 Å². The van der Waals surface area contributed by atoms with Gasteiger partial charge in [0.05, 0.1) is 0 Å². The molecule has 0 fully saturated rings. The monoisotopic (exact) mass is 90.0 g/mol. The van der Waals surface area contributed by atoms with Crippen LogP contribution < -0.4 is 0 Å². The third-order valence-electron chi connectivity index (χ3n) is 0.211. The first-order chi connectivity index (χ1) is 2.27. The molecule has 0 bridgehead atoms. The van der Waals surface area contributed by atoms with Crippen LogP contribution in [0.3, 0.4) is 0 Å². The minimum absolute atomic E-state index is 0.356. The van der Waals surface area contributed by atoms with Crippen molar-refractivity contribution < 1.29 is 4.55 Å². The molecule has 30 valence electrons. The van der Waals surface area contributed by atoms with E-state index in [4.69, 9.17) is 4.55 Å². The average molecular weight is 90.0 g/mol. The van der Waals surface area contributed by atoms with Gasteiger partial charge >= 0.3 is 0 Å². The van der Waals surface area contributed by atoms with Crippen molar-refractivity contribution in [2.45, 2.75) is 13.6 Å². The average Bonchev–Trinajstić information content (AvgIpc) is 1.38. The van der Waals surface area contributed by atoms with Gasteiger partial charge in [-0.2, -0.15) is 0 Å². The zero-order chi connectivity index (χ0) is 4.28. The first-order valence-corrected chi connectivity index (χ1v) is 2.41. The van der Waals surface area contributed by atoms with Gasteiger partial charge in [0.1, 0.15) is 0 Å². The van der Waals surface area contributed by atoms with E-state index in [1.54, 1.807) is 0 Å². The summed E-state index contributed by atoms with van der Waals surface area (Å²) in [6, 6.07) is 0. The molecule has 1 nitrogen and oxygen atoms in total. The van der Waals surface area contributed by atoms with Crippen LogP contribution in [0.15, 0.2) is 0 Å². The molecule has 0 spiro atoms. The summed E-state index contributed by atoms with van der Waals surface area (Å²) in [5, 5.41) is 0. The molecule has 3 heteroatoms. The zero-order valence-corrected chi connectivity index (χ0v) is 4.25. The van der Waals surface area contributed by atoms with Gasteiger partial charge in [-0.15, -0.1) is 0 Å². The fourth-order valence-corrected chi connectivity index (χ4v) is 0. The fourth-order valence-electron chi connectivity index (χ4n) is 0. The maximum Gasteiger partial charge on any atom is 0.239 e. The van der Waals surface area contributed by atoms with Gasteiger partial charge in [0.25, 0.3) is 0 Å². The Balaban J connectivity index is 2.54. The van der Waals surface area contributed by atoms with E-state index in [0.717, 1.165) is 11.9 Å². The van der Waals surface area contributed by atoms with Crippen LogP contribution in [0, 0.1) is 0 Å². The molecule has 0 aliphatic carbocycles. The summed E-state index contributed by atoms with van der Waals surface area (Å²) in [6.07, 6.45) is 0. The second-order valence-electron chi connectivity index (χ2n) is 1.15. The molecule has 0 aromatic rings. The fraction of sp³-hybridized carbons (Fsp3) is 1.00. The van der Waals surface area contributed by atoms with Gasteiger partial charge in [-0.05, 0) is 0 Å². The van der Waals surface area contributed by atoms with E-state index in [9.17, 15) is 0 Å². The van der Waals surface area contributed by atoms with Crippen molar-refractivity contribution in [2.75, 3.05) is 0 Å². The topological polar surface area (TPSA) is 20.2 Å². The van der Waals surface area contributed by atoms with Gasteiger partial charge in [-0.1, -0.05) is 25.5 Å². The van der Waals surface area contributed by atoms with Crippen molar-refractivity contribution in [1.82, 2.24) is 0 Å². The standard InChI is InChI=1S/C2H7BOS/c1-3(2)5-4/h4H,1-2H3. The summed E-state index contributed by atoms with van der Waals surface area (Å²) < 4.78 is 8.06. The highest BCUT2D eigenvalue weighted by atomic mass is 32.2. The molecule has 1 N–H and O–H groups in total. The highest BCUT2D eigenvalue weighted by molar-refractivity contribution is 8.21. The molecule has 0 atom stereocenters. The van der Waals surface area contributed by atoms with Gasteiger partial charge in [-0.3, -0.25) is 0 Å². The molecular weight excluding hydrogens is 82.9 g/mol. The second kappa shape index (κ2) is 2.60. The maximum absolute atomic E-state index is 8.06. The maximum atomic E-state index is 8.06. The number of hydrogen-bond acceptors (Lipinski definition) is 2. The Morgan fingerprint density at radius 2 is 1.80 bits per heavy atom. The summed E-state index contributed by atoms with van der Waals surface area (Å²) in [7, 11) is 0. The first-order valence-electron chi connectivity index (χ1n) is 1.57. The third kappa shape index (κ3) is 4.37. The summed E-state index contributed by atoms with van der Waals surface area (Å²) in [4.78, 5) is 0. The molecule has 0 saturated heterocycles. The Morgan fingerprint density at radius 1 is 1.60 bits per heavy atom. The lowest BCUT2D eigenvalue weighted by Crippen LogP contribution is -1.87. The summed E-state index contributed by atoms with van der Waals surface area (Å²) in [5.41, 5.74) is 0. The van der Waals surface area contributed by atoms with Crippen molar-refractivity contribution in [3.05, 3.63) is 0 Å². The SMILES string of the molecule is CB(C)SO. The molecule has 0 rings (SSSR count). The van der Waals surface area contributed by atoms with Crippen LogP contribution in [0.25, 0.3) is 0 Å². The summed E-state index contributed by atoms with van der Waals surface area (Å²) in [5.74, 6) is 0.356. The number of rotatable bonds is 1.